The van der Waals surface area contributed by atoms with Crippen LogP contribution in [0.5, 0.6) is 0 Å². The molecule has 0 aromatic heterocycles. The summed E-state index contributed by atoms with van der Waals surface area (Å²) in [7, 11) is 0. The fourth-order valence-corrected chi connectivity index (χ4v) is 3.23. The Bertz CT molecular complexity index is 511. The van der Waals surface area contributed by atoms with Crippen molar-refractivity contribution in [2.75, 3.05) is 24.2 Å². The molecule has 0 aliphatic carbocycles. The Balaban J connectivity index is 1.87. The molecule has 0 radical (unpaired) electrons. The number of amides is 2. The summed E-state index contributed by atoms with van der Waals surface area (Å²) in [6, 6.07) is 5.58. The van der Waals surface area contributed by atoms with E-state index in [1.807, 2.05) is 18.2 Å². The molecule has 1 N–H and O–H groups in total. The van der Waals surface area contributed by atoms with E-state index in [0.29, 0.717) is 13.0 Å². The number of nitrogens with zero attached hydrogens (tertiary/aromatic N) is 1. The minimum atomic E-state index is -0.0940. The first kappa shape index (κ1) is 14.9. The molecule has 19 heavy (non-hydrogen) atoms. The van der Waals surface area contributed by atoms with Crippen LogP contribution in [0.1, 0.15) is 6.42 Å². The van der Waals surface area contributed by atoms with E-state index < -0.39 is 0 Å². The molecule has 1 fully saturated rings. The predicted octanol–water partition coefficient (Wildman–Crippen LogP) is 3.71. The number of hydrogen-bond acceptors (Lipinski definition) is 3. The molecule has 1 heterocycles. The highest BCUT2D eigenvalue weighted by Gasteiger charge is 2.21. The van der Waals surface area contributed by atoms with Crippen molar-refractivity contribution in [3.05, 3.63) is 27.1 Å². The van der Waals surface area contributed by atoms with Crippen LogP contribution in [0.2, 0.25) is 0 Å². The lowest BCUT2D eigenvalue weighted by Gasteiger charge is -2.14. The molecule has 1 aliphatic rings. The van der Waals surface area contributed by atoms with E-state index in [1.54, 1.807) is 4.90 Å². The Morgan fingerprint density at radius 1 is 1.42 bits per heavy atom. The van der Waals surface area contributed by atoms with Crippen LogP contribution in [0.25, 0.3) is 0 Å². The molecule has 0 spiro atoms. The van der Waals surface area contributed by atoms with Gasteiger partial charge in [-0.2, -0.15) is 0 Å². The normalized spacial score (nSPS) is 14.8. The number of hydrogen-bond donors (Lipinski definition) is 1. The van der Waals surface area contributed by atoms with E-state index >= 15 is 0 Å². The third-order valence-electron chi connectivity index (χ3n) is 2.66. The zero-order chi connectivity index (χ0) is 13.8. The number of carbonyl (C=O) groups excluding carboxylic acids is 2. The van der Waals surface area contributed by atoms with Crippen molar-refractivity contribution in [3.63, 3.8) is 0 Å². The zero-order valence-corrected chi connectivity index (χ0v) is 14.0. The quantitative estimate of drug-likeness (QED) is 0.827. The average molecular weight is 408 g/mol. The van der Waals surface area contributed by atoms with Crippen LogP contribution in [-0.2, 0) is 4.79 Å². The molecule has 0 unspecified atom stereocenters. The van der Waals surface area contributed by atoms with Gasteiger partial charge in [0.05, 0.1) is 5.69 Å². The number of anilines is 1. The summed E-state index contributed by atoms with van der Waals surface area (Å²) >= 11 is 8.05. The first-order valence-electron chi connectivity index (χ1n) is 5.73. The van der Waals surface area contributed by atoms with Crippen molar-refractivity contribution in [3.8, 4) is 0 Å². The Labute approximate surface area is 132 Å². The van der Waals surface area contributed by atoms with E-state index in [9.17, 15) is 9.59 Å². The molecule has 4 nitrogen and oxygen atoms in total. The predicted molar refractivity (Wildman–Crippen MR) is 84.5 cm³/mol. The third-order valence-corrected chi connectivity index (χ3v) is 4.73. The standard InChI is InChI=1S/C12H12Br2N2O2S/c13-8-1-2-9(14)10(7-8)15-11(17)3-4-16-5-6-19-12(16)18/h1-2,7H,3-6H2,(H,15,17). The highest BCUT2D eigenvalue weighted by Crippen LogP contribution is 2.26. The highest BCUT2D eigenvalue weighted by molar-refractivity contribution is 9.11. The Hall–Kier alpha value is -0.530. The molecule has 102 valence electrons. The lowest BCUT2D eigenvalue weighted by molar-refractivity contribution is -0.116. The van der Waals surface area contributed by atoms with Gasteiger partial charge < -0.3 is 10.2 Å². The van der Waals surface area contributed by atoms with Crippen molar-refractivity contribution in [2.24, 2.45) is 0 Å². The summed E-state index contributed by atoms with van der Waals surface area (Å²) in [4.78, 5) is 24.9. The van der Waals surface area contributed by atoms with Gasteiger partial charge in [-0.1, -0.05) is 27.7 Å². The van der Waals surface area contributed by atoms with Crippen LogP contribution in [0.15, 0.2) is 27.1 Å². The fourth-order valence-electron chi connectivity index (χ4n) is 1.67. The van der Waals surface area contributed by atoms with Gasteiger partial charge in [-0.25, -0.2) is 0 Å². The smallest absolute Gasteiger partial charge is 0.281 e. The second kappa shape index (κ2) is 6.76. The maximum atomic E-state index is 11.8. The van der Waals surface area contributed by atoms with Crippen molar-refractivity contribution >= 4 is 60.5 Å². The number of halogens is 2. The molecule has 1 aromatic rings. The molecule has 0 atom stereocenters. The average Bonchev–Trinajstić information content (AvgIpc) is 2.77. The second-order valence-electron chi connectivity index (χ2n) is 4.02. The molecular formula is C12H12Br2N2O2S. The second-order valence-corrected chi connectivity index (χ2v) is 6.84. The van der Waals surface area contributed by atoms with Gasteiger partial charge in [-0.05, 0) is 34.1 Å². The van der Waals surface area contributed by atoms with Crippen LogP contribution < -0.4 is 5.32 Å². The molecule has 0 bridgehead atoms. The first-order chi connectivity index (χ1) is 9.06. The van der Waals surface area contributed by atoms with Crippen molar-refractivity contribution in [1.29, 1.82) is 0 Å². The SMILES string of the molecule is O=C(CCN1CCSC1=O)Nc1cc(Br)ccc1Br. The van der Waals surface area contributed by atoms with Gasteiger partial charge in [-0.3, -0.25) is 9.59 Å². The van der Waals surface area contributed by atoms with Crippen LogP contribution in [0.4, 0.5) is 10.5 Å². The molecule has 1 saturated heterocycles. The molecule has 2 amide bonds. The van der Waals surface area contributed by atoms with Crippen LogP contribution >= 0.6 is 43.6 Å². The topological polar surface area (TPSA) is 49.4 Å². The lowest BCUT2D eigenvalue weighted by atomic mass is 10.3. The number of benzene rings is 1. The molecule has 1 aliphatic heterocycles. The minimum absolute atomic E-state index is 0.0661. The van der Waals surface area contributed by atoms with Gasteiger partial charge in [0.1, 0.15) is 0 Å². The molecule has 0 saturated carbocycles. The monoisotopic (exact) mass is 406 g/mol. The van der Waals surface area contributed by atoms with E-state index in [1.165, 1.54) is 11.8 Å². The molecular weight excluding hydrogens is 396 g/mol. The summed E-state index contributed by atoms with van der Waals surface area (Å²) in [5.74, 6) is 0.723. The summed E-state index contributed by atoms with van der Waals surface area (Å²) in [5, 5.41) is 2.90. The van der Waals surface area contributed by atoms with Gasteiger partial charge in [0, 0.05) is 34.2 Å². The third kappa shape index (κ3) is 4.22. The maximum Gasteiger partial charge on any atom is 0.281 e. The van der Waals surface area contributed by atoms with Crippen LogP contribution in [0.3, 0.4) is 0 Å². The van der Waals surface area contributed by atoms with Crippen molar-refractivity contribution in [2.45, 2.75) is 6.42 Å². The summed E-state index contributed by atoms with van der Waals surface area (Å²) < 4.78 is 1.73. The van der Waals surface area contributed by atoms with E-state index in [2.05, 4.69) is 37.2 Å². The van der Waals surface area contributed by atoms with E-state index in [-0.39, 0.29) is 11.1 Å². The number of thioether (sulfide) groups is 1. The van der Waals surface area contributed by atoms with Gasteiger partial charge in [0.15, 0.2) is 0 Å². The largest absolute Gasteiger partial charge is 0.332 e. The Kier molecular flexibility index (Phi) is 5.29. The summed E-state index contributed by atoms with van der Waals surface area (Å²) in [6.07, 6.45) is 0.311. The van der Waals surface area contributed by atoms with Crippen LogP contribution in [0, 0.1) is 0 Å². The fraction of sp³-hybridized carbons (Fsp3) is 0.333. The number of rotatable bonds is 4. The molecule has 7 heteroatoms. The Morgan fingerprint density at radius 3 is 2.89 bits per heavy atom. The Morgan fingerprint density at radius 2 is 2.21 bits per heavy atom. The highest BCUT2D eigenvalue weighted by atomic mass is 79.9. The molecule has 1 aromatic carbocycles. The van der Waals surface area contributed by atoms with Crippen LogP contribution in [-0.4, -0.2) is 34.9 Å². The first-order valence-corrected chi connectivity index (χ1v) is 8.30. The number of carbonyl (C=O) groups is 2. The summed E-state index contributed by atoms with van der Waals surface area (Å²) in [5.41, 5.74) is 0.724. The summed E-state index contributed by atoms with van der Waals surface area (Å²) in [6.45, 7) is 1.21. The lowest BCUT2D eigenvalue weighted by Crippen LogP contribution is -2.27. The van der Waals surface area contributed by atoms with E-state index in [4.69, 9.17) is 0 Å². The van der Waals surface area contributed by atoms with Gasteiger partial charge in [-0.15, -0.1) is 0 Å². The maximum absolute atomic E-state index is 11.8. The number of nitrogens with one attached hydrogen (secondary N) is 1. The zero-order valence-electron chi connectivity index (χ0n) is 9.99. The van der Waals surface area contributed by atoms with Gasteiger partial charge in [0.25, 0.3) is 5.24 Å². The van der Waals surface area contributed by atoms with Gasteiger partial charge >= 0.3 is 0 Å². The molecule has 2 rings (SSSR count). The van der Waals surface area contributed by atoms with Crippen molar-refractivity contribution in [1.82, 2.24) is 4.90 Å². The van der Waals surface area contributed by atoms with Crippen molar-refractivity contribution < 1.29 is 9.59 Å². The minimum Gasteiger partial charge on any atom is -0.332 e. The van der Waals surface area contributed by atoms with Gasteiger partial charge in [0.2, 0.25) is 5.91 Å². The van der Waals surface area contributed by atoms with E-state index in [0.717, 1.165) is 26.9 Å².